The second-order valence-electron chi connectivity index (χ2n) is 19.6. The summed E-state index contributed by atoms with van der Waals surface area (Å²) in [5.74, 6) is 1.48. The summed E-state index contributed by atoms with van der Waals surface area (Å²) in [6.07, 6.45) is 39.4. The molecule has 4 unspecified atom stereocenters. The Morgan fingerprint density at radius 1 is 0.642 bits per heavy atom. The molecule has 2 amide bonds. The molecule has 0 N–H and O–H groups in total. The molecule has 6 aliphatic carbocycles. The molecular formula is C61H60N2O4. The lowest BCUT2D eigenvalue weighted by atomic mass is 9.47. The molecule has 6 heteroatoms. The molecule has 0 saturated heterocycles. The molecule has 1 aliphatic heterocycles. The molecule has 0 radical (unpaired) electrons. The highest BCUT2D eigenvalue weighted by atomic mass is 16.5. The van der Waals surface area contributed by atoms with E-state index in [1.807, 2.05) is 36.4 Å². The first-order valence-corrected chi connectivity index (χ1v) is 24.8. The molecule has 2 spiro atoms. The molecule has 6 nitrogen and oxygen atoms in total. The van der Waals surface area contributed by atoms with Crippen LogP contribution in [0.4, 0.5) is 0 Å². The first-order valence-electron chi connectivity index (χ1n) is 24.8. The van der Waals surface area contributed by atoms with Crippen molar-refractivity contribution in [3.05, 3.63) is 201 Å². The number of unbranched alkanes of at least 4 members (excludes halogenated alkanes) is 9. The summed E-state index contributed by atoms with van der Waals surface area (Å²) in [7, 11) is 3.38. The average molecular weight is 885 g/mol. The summed E-state index contributed by atoms with van der Waals surface area (Å²) < 4.78 is 11.0. The number of carbonyl (C=O) groups is 2. The molecule has 4 atom stereocenters. The number of aliphatic imine (C=N–C) groups is 1. The Balaban J connectivity index is 0.890. The van der Waals surface area contributed by atoms with Crippen molar-refractivity contribution in [2.45, 2.75) is 89.9 Å². The summed E-state index contributed by atoms with van der Waals surface area (Å²) in [5.41, 5.74) is 12.4. The molecule has 338 valence electrons. The number of ether oxygens (including phenoxy) is 2. The number of imide groups is 1. The van der Waals surface area contributed by atoms with Crippen molar-refractivity contribution < 1.29 is 19.1 Å². The van der Waals surface area contributed by atoms with E-state index in [0.717, 1.165) is 76.9 Å². The number of amides is 2. The Morgan fingerprint density at radius 2 is 1.27 bits per heavy atom. The Bertz CT molecular complexity index is 2900. The van der Waals surface area contributed by atoms with E-state index in [4.69, 9.17) is 14.5 Å². The van der Waals surface area contributed by atoms with Crippen LogP contribution in [0.25, 0.3) is 10.8 Å². The van der Waals surface area contributed by atoms with E-state index >= 15 is 0 Å². The minimum atomic E-state index is -0.324. The van der Waals surface area contributed by atoms with Gasteiger partial charge in [-0.1, -0.05) is 138 Å². The molecule has 4 aromatic rings. The number of allylic oxidation sites excluding steroid dienone is 15. The Morgan fingerprint density at radius 3 is 1.94 bits per heavy atom. The largest absolute Gasteiger partial charge is 0.497 e. The summed E-state index contributed by atoms with van der Waals surface area (Å²) in [6, 6.07) is 24.7. The highest BCUT2D eigenvalue weighted by Gasteiger charge is 2.56. The third-order valence-corrected chi connectivity index (χ3v) is 15.9. The third kappa shape index (κ3) is 7.09. The molecule has 7 aliphatic rings. The van der Waals surface area contributed by atoms with Crippen molar-refractivity contribution in [2.75, 3.05) is 20.8 Å². The van der Waals surface area contributed by atoms with Gasteiger partial charge in [0.1, 0.15) is 11.5 Å². The van der Waals surface area contributed by atoms with E-state index in [2.05, 4.69) is 110 Å². The first-order chi connectivity index (χ1) is 32.9. The Kier molecular flexibility index (Phi) is 11.3. The Hall–Kier alpha value is -6.53. The zero-order valence-corrected chi connectivity index (χ0v) is 39.2. The molecular weight excluding hydrogens is 825 g/mol. The topological polar surface area (TPSA) is 68.2 Å². The minimum Gasteiger partial charge on any atom is -0.497 e. The van der Waals surface area contributed by atoms with Crippen LogP contribution in [0.2, 0.25) is 0 Å². The van der Waals surface area contributed by atoms with Crippen LogP contribution >= 0.6 is 0 Å². The van der Waals surface area contributed by atoms with E-state index in [-0.39, 0.29) is 34.5 Å². The van der Waals surface area contributed by atoms with Crippen molar-refractivity contribution in [1.82, 2.24) is 4.90 Å². The fourth-order valence-electron chi connectivity index (χ4n) is 12.7. The number of hydrogen-bond donors (Lipinski definition) is 0. The van der Waals surface area contributed by atoms with Crippen molar-refractivity contribution in [1.29, 1.82) is 0 Å². The quantitative estimate of drug-likeness (QED) is 0.0639. The standard InChI is InChI=1S/C61H60N2O4/c1-4-5-6-7-8-9-10-11-12-13-37-63-58(64)48-30-25-42-38-61-36-15-17-43-39-60-35-16-20-53(62-57(40-21-26-44(66-2)27-22-40)41-23-28-45(67-3)29-24-41)52(60)19-14-18-50(60)47(56(43)61)33-34-51(61)46-31-32-49(59(63)65)55(48)54(42)46/h14-36,50-51H,4-13,37-39H2,1-3H3. The SMILES string of the molecule is CCCCCCCCCCCCN1C(=O)c2ccc3c4c(ccc(c24)C1=O)C1C=CC2=C4C(=CC=CC41C3)CC13C=CC=C(N=C(c4ccc(OC)cc4)c4ccc(OC)cc4)C1=CC=CC23. The van der Waals surface area contributed by atoms with Crippen LogP contribution in [0.3, 0.4) is 0 Å². The van der Waals surface area contributed by atoms with Crippen molar-refractivity contribution >= 4 is 28.3 Å². The predicted octanol–water partition coefficient (Wildman–Crippen LogP) is 13.9. The maximum Gasteiger partial charge on any atom is 0.261 e. The first kappa shape index (κ1) is 43.1. The molecule has 11 rings (SSSR count). The van der Waals surface area contributed by atoms with Gasteiger partial charge in [0.2, 0.25) is 0 Å². The van der Waals surface area contributed by atoms with Gasteiger partial charge >= 0.3 is 0 Å². The van der Waals surface area contributed by atoms with Gasteiger partial charge in [0.25, 0.3) is 11.8 Å². The predicted molar refractivity (Wildman–Crippen MR) is 270 cm³/mol. The van der Waals surface area contributed by atoms with Crippen molar-refractivity contribution in [3.8, 4) is 11.5 Å². The fraction of sp³-hybridized carbons (Fsp3) is 0.328. The fourth-order valence-corrected chi connectivity index (χ4v) is 12.7. The van der Waals surface area contributed by atoms with Gasteiger partial charge in [0, 0.05) is 56.9 Å². The van der Waals surface area contributed by atoms with Gasteiger partial charge < -0.3 is 9.47 Å². The van der Waals surface area contributed by atoms with Gasteiger partial charge in [0.15, 0.2) is 0 Å². The van der Waals surface area contributed by atoms with E-state index in [1.165, 1.54) is 83.3 Å². The van der Waals surface area contributed by atoms with Gasteiger partial charge in [0.05, 0.1) is 25.6 Å². The molecule has 0 aromatic heterocycles. The number of carbonyl (C=O) groups excluding carboxylic acids is 2. The Labute approximate surface area is 395 Å². The van der Waals surface area contributed by atoms with Gasteiger partial charge in [-0.05, 0) is 125 Å². The van der Waals surface area contributed by atoms with Gasteiger partial charge in [-0.2, -0.15) is 0 Å². The number of methoxy groups -OCH3 is 2. The van der Waals surface area contributed by atoms with Crippen LogP contribution in [-0.4, -0.2) is 43.2 Å². The maximum absolute atomic E-state index is 14.2. The van der Waals surface area contributed by atoms with Crippen LogP contribution in [0, 0.1) is 16.7 Å². The second kappa shape index (κ2) is 17.6. The van der Waals surface area contributed by atoms with Gasteiger partial charge in [-0.15, -0.1) is 0 Å². The summed E-state index contributed by atoms with van der Waals surface area (Å²) in [4.78, 5) is 35.5. The van der Waals surface area contributed by atoms with E-state index in [0.29, 0.717) is 17.7 Å². The summed E-state index contributed by atoms with van der Waals surface area (Å²) in [6.45, 7) is 2.73. The number of hydrogen-bond acceptors (Lipinski definition) is 5. The van der Waals surface area contributed by atoms with Crippen molar-refractivity contribution in [2.24, 2.45) is 21.7 Å². The molecule has 0 fully saturated rings. The lowest BCUT2D eigenvalue weighted by Gasteiger charge is -2.55. The lowest BCUT2D eigenvalue weighted by molar-refractivity contribution is 0.0607. The molecule has 4 aromatic carbocycles. The number of rotatable bonds is 16. The van der Waals surface area contributed by atoms with Gasteiger partial charge in [-0.3, -0.25) is 14.5 Å². The molecule has 0 saturated carbocycles. The van der Waals surface area contributed by atoms with Crippen LogP contribution in [0.5, 0.6) is 11.5 Å². The normalized spacial score (nSPS) is 23.5. The molecule has 0 bridgehead atoms. The summed E-state index contributed by atoms with van der Waals surface area (Å²) >= 11 is 0. The number of nitrogens with zero attached hydrogens (tertiary/aromatic N) is 2. The van der Waals surface area contributed by atoms with Crippen molar-refractivity contribution in [3.63, 3.8) is 0 Å². The number of benzene rings is 4. The molecule has 67 heavy (non-hydrogen) atoms. The third-order valence-electron chi connectivity index (χ3n) is 15.9. The smallest absolute Gasteiger partial charge is 0.261 e. The minimum absolute atomic E-state index is 0.0630. The highest BCUT2D eigenvalue weighted by Crippen LogP contribution is 2.66. The number of fused-ring (bicyclic) bond motifs is 2. The van der Waals surface area contributed by atoms with Crippen LogP contribution < -0.4 is 9.47 Å². The van der Waals surface area contributed by atoms with Crippen LogP contribution in [-0.2, 0) is 6.42 Å². The monoisotopic (exact) mass is 884 g/mol. The summed E-state index contributed by atoms with van der Waals surface area (Å²) in [5, 5.41) is 1.96. The highest BCUT2D eigenvalue weighted by molar-refractivity contribution is 6.26. The van der Waals surface area contributed by atoms with Crippen LogP contribution in [0.15, 0.2) is 173 Å². The van der Waals surface area contributed by atoms with Crippen LogP contribution in [0.1, 0.15) is 126 Å². The zero-order valence-electron chi connectivity index (χ0n) is 39.2. The average Bonchev–Trinajstić information content (AvgIpc) is 3.36. The second-order valence-corrected chi connectivity index (χ2v) is 19.6. The van der Waals surface area contributed by atoms with E-state index in [9.17, 15) is 9.59 Å². The van der Waals surface area contributed by atoms with E-state index < -0.39 is 0 Å². The van der Waals surface area contributed by atoms with Gasteiger partial charge in [-0.25, -0.2) is 4.99 Å². The molecule has 1 heterocycles. The zero-order chi connectivity index (χ0) is 45.7. The van der Waals surface area contributed by atoms with E-state index in [1.54, 1.807) is 14.2 Å². The lowest BCUT2D eigenvalue weighted by Crippen LogP contribution is -2.46. The maximum atomic E-state index is 14.2.